The summed E-state index contributed by atoms with van der Waals surface area (Å²) in [5.74, 6) is 0. The van der Waals surface area contributed by atoms with Crippen molar-refractivity contribution in [1.82, 2.24) is 10.6 Å². The van der Waals surface area contributed by atoms with E-state index in [-0.39, 0.29) is 6.03 Å². The van der Waals surface area contributed by atoms with Crippen LogP contribution in [0, 0.1) is 6.92 Å². The number of carbonyl (C=O) groups is 1. The number of aryl methyl sites for hydroxylation is 1. The third-order valence-corrected chi connectivity index (χ3v) is 2.99. The normalized spacial score (nSPS) is 10.3. The van der Waals surface area contributed by atoms with Crippen LogP contribution < -0.4 is 10.6 Å². The van der Waals surface area contributed by atoms with Crippen LogP contribution in [0.25, 0.3) is 10.8 Å². The number of hydrogen-bond acceptors (Lipinski definition) is 1. The quantitative estimate of drug-likeness (QED) is 0.853. The van der Waals surface area contributed by atoms with E-state index in [0.717, 1.165) is 6.42 Å². The molecule has 2 N–H and O–H groups in total. The maximum absolute atomic E-state index is 11.0. The molecule has 0 saturated heterocycles. The summed E-state index contributed by atoms with van der Waals surface area (Å²) >= 11 is 0. The second-order valence-corrected chi connectivity index (χ2v) is 4.44. The average molecular weight is 242 g/mol. The van der Waals surface area contributed by atoms with Crippen molar-refractivity contribution in [2.24, 2.45) is 0 Å². The second-order valence-electron chi connectivity index (χ2n) is 4.44. The molecule has 0 aliphatic carbocycles. The second kappa shape index (κ2) is 5.54. The Balaban J connectivity index is 2.06. The molecule has 0 spiro atoms. The molecule has 2 aromatic rings. The molecule has 0 fully saturated rings. The van der Waals surface area contributed by atoms with Crippen molar-refractivity contribution in [3.05, 3.63) is 47.5 Å². The SMILES string of the molecule is CNC(=O)NCCc1ccc2cc(C)ccc2c1. The molecular weight excluding hydrogens is 224 g/mol. The third-order valence-electron chi connectivity index (χ3n) is 2.99. The minimum Gasteiger partial charge on any atom is -0.341 e. The molecule has 0 atom stereocenters. The topological polar surface area (TPSA) is 41.1 Å². The van der Waals surface area contributed by atoms with E-state index in [1.54, 1.807) is 7.05 Å². The lowest BCUT2D eigenvalue weighted by Crippen LogP contribution is -2.33. The minimum atomic E-state index is -0.133. The van der Waals surface area contributed by atoms with E-state index in [4.69, 9.17) is 0 Å². The van der Waals surface area contributed by atoms with Gasteiger partial charge in [0.1, 0.15) is 0 Å². The van der Waals surface area contributed by atoms with Crippen LogP contribution in [0.5, 0.6) is 0 Å². The van der Waals surface area contributed by atoms with Gasteiger partial charge in [-0.2, -0.15) is 0 Å². The zero-order chi connectivity index (χ0) is 13.0. The highest BCUT2D eigenvalue weighted by atomic mass is 16.2. The van der Waals surface area contributed by atoms with E-state index in [9.17, 15) is 4.79 Å². The molecule has 94 valence electrons. The van der Waals surface area contributed by atoms with Crippen LogP contribution >= 0.6 is 0 Å². The van der Waals surface area contributed by atoms with E-state index < -0.39 is 0 Å². The molecule has 18 heavy (non-hydrogen) atoms. The summed E-state index contributed by atoms with van der Waals surface area (Å²) in [4.78, 5) is 11.0. The summed E-state index contributed by atoms with van der Waals surface area (Å²) in [6.07, 6.45) is 0.844. The molecule has 2 rings (SSSR count). The molecule has 0 unspecified atom stereocenters. The van der Waals surface area contributed by atoms with Crippen molar-refractivity contribution in [2.75, 3.05) is 13.6 Å². The summed E-state index contributed by atoms with van der Waals surface area (Å²) in [7, 11) is 1.62. The molecule has 0 aliphatic rings. The van der Waals surface area contributed by atoms with Gasteiger partial charge in [-0.25, -0.2) is 4.79 Å². The molecule has 3 nitrogen and oxygen atoms in total. The van der Waals surface area contributed by atoms with Gasteiger partial charge in [-0.1, -0.05) is 42.0 Å². The first-order valence-electron chi connectivity index (χ1n) is 6.14. The number of hydrogen-bond donors (Lipinski definition) is 2. The highest BCUT2D eigenvalue weighted by Gasteiger charge is 1.99. The van der Waals surface area contributed by atoms with Crippen molar-refractivity contribution in [3.8, 4) is 0 Å². The summed E-state index contributed by atoms with van der Waals surface area (Å²) in [5.41, 5.74) is 2.51. The fourth-order valence-electron chi connectivity index (χ4n) is 1.98. The van der Waals surface area contributed by atoms with Gasteiger partial charge in [-0.15, -0.1) is 0 Å². The zero-order valence-corrected chi connectivity index (χ0v) is 10.8. The summed E-state index contributed by atoms with van der Waals surface area (Å²) in [6, 6.07) is 12.7. The van der Waals surface area contributed by atoms with E-state index in [2.05, 4.69) is 54.0 Å². The lowest BCUT2D eigenvalue weighted by atomic mass is 10.0. The fourth-order valence-corrected chi connectivity index (χ4v) is 1.98. The van der Waals surface area contributed by atoms with Crippen molar-refractivity contribution in [1.29, 1.82) is 0 Å². The Morgan fingerprint density at radius 3 is 2.61 bits per heavy atom. The first-order valence-corrected chi connectivity index (χ1v) is 6.14. The minimum absolute atomic E-state index is 0.133. The highest BCUT2D eigenvalue weighted by molar-refractivity contribution is 5.83. The van der Waals surface area contributed by atoms with Gasteiger partial charge in [0.2, 0.25) is 0 Å². The molecule has 0 saturated carbocycles. The van der Waals surface area contributed by atoms with Gasteiger partial charge in [0.15, 0.2) is 0 Å². The summed E-state index contributed by atoms with van der Waals surface area (Å²) in [5, 5.41) is 7.84. The van der Waals surface area contributed by atoms with Gasteiger partial charge >= 0.3 is 6.03 Å². The Hall–Kier alpha value is -2.03. The Bertz CT molecular complexity index is 563. The first-order chi connectivity index (χ1) is 8.69. The smallest absolute Gasteiger partial charge is 0.314 e. The lowest BCUT2D eigenvalue weighted by molar-refractivity contribution is 0.243. The number of amides is 2. The van der Waals surface area contributed by atoms with Gasteiger partial charge in [0.25, 0.3) is 0 Å². The Morgan fingerprint density at radius 1 is 1.11 bits per heavy atom. The molecule has 0 aliphatic heterocycles. The van der Waals surface area contributed by atoms with Crippen LogP contribution in [0.1, 0.15) is 11.1 Å². The van der Waals surface area contributed by atoms with Crippen LogP contribution in [0.4, 0.5) is 4.79 Å². The van der Waals surface area contributed by atoms with Crippen LogP contribution in [-0.4, -0.2) is 19.6 Å². The van der Waals surface area contributed by atoms with Crippen molar-refractivity contribution < 1.29 is 4.79 Å². The molecule has 2 amide bonds. The fraction of sp³-hybridized carbons (Fsp3) is 0.267. The van der Waals surface area contributed by atoms with Crippen LogP contribution in [-0.2, 0) is 6.42 Å². The average Bonchev–Trinajstić information content (AvgIpc) is 2.38. The third kappa shape index (κ3) is 3.00. The monoisotopic (exact) mass is 242 g/mol. The number of rotatable bonds is 3. The number of nitrogens with one attached hydrogen (secondary N) is 2. The van der Waals surface area contributed by atoms with Gasteiger partial charge in [0.05, 0.1) is 0 Å². The van der Waals surface area contributed by atoms with Crippen LogP contribution in [0.3, 0.4) is 0 Å². The Kier molecular flexibility index (Phi) is 3.82. The maximum atomic E-state index is 11.0. The molecule has 2 aromatic carbocycles. The molecular formula is C15H18N2O. The van der Waals surface area contributed by atoms with Gasteiger partial charge in [0, 0.05) is 13.6 Å². The number of benzene rings is 2. The highest BCUT2D eigenvalue weighted by Crippen LogP contribution is 2.17. The first kappa shape index (κ1) is 12.4. The number of fused-ring (bicyclic) bond motifs is 1. The number of carbonyl (C=O) groups excluding carboxylic acids is 1. The Morgan fingerprint density at radius 2 is 1.83 bits per heavy atom. The van der Waals surface area contributed by atoms with E-state index in [1.807, 2.05) is 0 Å². The molecule has 0 heterocycles. The van der Waals surface area contributed by atoms with Crippen LogP contribution in [0.2, 0.25) is 0 Å². The van der Waals surface area contributed by atoms with E-state index >= 15 is 0 Å². The van der Waals surface area contributed by atoms with Crippen molar-refractivity contribution in [3.63, 3.8) is 0 Å². The standard InChI is InChI=1S/C15H18N2O/c1-11-3-5-14-10-12(4-6-13(14)9-11)7-8-17-15(18)16-2/h3-6,9-10H,7-8H2,1-2H3,(H2,16,17,18). The predicted molar refractivity (Wildman–Crippen MR) is 74.8 cm³/mol. The van der Waals surface area contributed by atoms with Gasteiger partial charge in [-0.3, -0.25) is 0 Å². The molecule has 3 heteroatoms. The number of urea groups is 1. The van der Waals surface area contributed by atoms with Crippen molar-refractivity contribution in [2.45, 2.75) is 13.3 Å². The Labute approximate surface area is 107 Å². The van der Waals surface area contributed by atoms with E-state index in [0.29, 0.717) is 6.54 Å². The maximum Gasteiger partial charge on any atom is 0.314 e. The molecule has 0 radical (unpaired) electrons. The lowest BCUT2D eigenvalue weighted by Gasteiger charge is -2.06. The zero-order valence-electron chi connectivity index (χ0n) is 10.8. The summed E-state index contributed by atoms with van der Waals surface area (Å²) < 4.78 is 0. The van der Waals surface area contributed by atoms with Crippen molar-refractivity contribution >= 4 is 16.8 Å². The molecule has 0 bridgehead atoms. The van der Waals surface area contributed by atoms with E-state index in [1.165, 1.54) is 21.9 Å². The van der Waals surface area contributed by atoms with Crippen LogP contribution in [0.15, 0.2) is 36.4 Å². The van der Waals surface area contributed by atoms with Gasteiger partial charge in [-0.05, 0) is 29.7 Å². The summed E-state index contributed by atoms with van der Waals surface area (Å²) in [6.45, 7) is 2.75. The largest absolute Gasteiger partial charge is 0.341 e. The van der Waals surface area contributed by atoms with Gasteiger partial charge < -0.3 is 10.6 Å². The molecule has 0 aromatic heterocycles. The predicted octanol–water partition coefficient (Wildman–Crippen LogP) is 2.62.